The summed E-state index contributed by atoms with van der Waals surface area (Å²) in [5.41, 5.74) is 0.675. The summed E-state index contributed by atoms with van der Waals surface area (Å²) in [4.78, 5) is 11.7. The zero-order chi connectivity index (χ0) is 15.7. The molecule has 0 radical (unpaired) electrons. The molecule has 0 aliphatic rings. The number of hydrogen-bond acceptors (Lipinski definition) is 2. The lowest BCUT2D eigenvalue weighted by atomic mass is 10.2. The lowest BCUT2D eigenvalue weighted by Gasteiger charge is -2.12. The molecule has 1 rings (SSSR count). The molecular weight excluding hydrogens is 309 g/mol. The first-order valence-corrected chi connectivity index (χ1v) is 7.54. The Morgan fingerprint density at radius 1 is 1.29 bits per heavy atom. The first kappa shape index (κ1) is 17.8. The van der Waals surface area contributed by atoms with Crippen molar-refractivity contribution in [2.75, 3.05) is 6.54 Å². The first-order valence-electron chi connectivity index (χ1n) is 6.79. The van der Waals surface area contributed by atoms with Crippen LogP contribution in [0, 0.1) is 0 Å². The second-order valence-electron chi connectivity index (χ2n) is 4.60. The molecule has 0 atom stereocenters. The normalized spacial score (nSPS) is 10.8. The van der Waals surface area contributed by atoms with Crippen LogP contribution in [-0.2, 0) is 4.79 Å². The van der Waals surface area contributed by atoms with E-state index in [0.29, 0.717) is 27.2 Å². The molecule has 0 spiro atoms. The highest BCUT2D eigenvalue weighted by Gasteiger charge is 2.06. The Morgan fingerprint density at radius 2 is 2.05 bits per heavy atom. The van der Waals surface area contributed by atoms with Crippen LogP contribution in [0.4, 0.5) is 0 Å². The first-order chi connectivity index (χ1) is 10.0. The van der Waals surface area contributed by atoms with Gasteiger partial charge in [-0.15, -0.1) is 6.58 Å². The van der Waals surface area contributed by atoms with Crippen molar-refractivity contribution in [1.82, 2.24) is 5.06 Å². The van der Waals surface area contributed by atoms with Gasteiger partial charge in [0.2, 0.25) is 0 Å². The SMILES string of the molecule is C=CCCCCCN(O)C(=O)/C=C/c1ccc(Cl)cc1Cl. The summed E-state index contributed by atoms with van der Waals surface area (Å²) in [6.07, 6.45) is 8.38. The molecule has 0 saturated heterocycles. The largest absolute Gasteiger partial charge is 0.286 e. The third-order valence-corrected chi connectivity index (χ3v) is 3.46. The summed E-state index contributed by atoms with van der Waals surface area (Å²) < 4.78 is 0. The van der Waals surface area contributed by atoms with Gasteiger partial charge < -0.3 is 0 Å². The molecule has 1 aromatic carbocycles. The average molecular weight is 328 g/mol. The standard InChI is InChI=1S/C16H19Cl2NO2/c1-2-3-4-5-6-11-19(21)16(20)10-8-13-7-9-14(17)12-15(13)18/h2,7-10,12,21H,1,3-6,11H2/b10-8+. The fourth-order valence-corrected chi connectivity index (χ4v) is 2.19. The molecule has 0 aromatic heterocycles. The molecule has 0 saturated carbocycles. The van der Waals surface area contributed by atoms with E-state index in [1.165, 1.54) is 6.08 Å². The van der Waals surface area contributed by atoms with E-state index in [4.69, 9.17) is 23.2 Å². The van der Waals surface area contributed by atoms with E-state index in [2.05, 4.69) is 6.58 Å². The van der Waals surface area contributed by atoms with E-state index in [9.17, 15) is 10.0 Å². The maximum absolute atomic E-state index is 11.7. The van der Waals surface area contributed by atoms with Crippen LogP contribution >= 0.6 is 23.2 Å². The second kappa shape index (κ2) is 9.61. The highest BCUT2D eigenvalue weighted by atomic mass is 35.5. The molecule has 1 amide bonds. The van der Waals surface area contributed by atoms with Crippen molar-refractivity contribution in [2.45, 2.75) is 25.7 Å². The maximum Gasteiger partial charge on any atom is 0.269 e. The van der Waals surface area contributed by atoms with Crippen molar-refractivity contribution in [3.05, 3.63) is 52.5 Å². The number of allylic oxidation sites excluding steroid dienone is 1. The van der Waals surface area contributed by atoms with Crippen molar-refractivity contribution in [1.29, 1.82) is 0 Å². The van der Waals surface area contributed by atoms with Gasteiger partial charge in [-0.2, -0.15) is 0 Å². The lowest BCUT2D eigenvalue weighted by molar-refractivity contribution is -0.159. The van der Waals surface area contributed by atoms with Gasteiger partial charge in [0.1, 0.15) is 0 Å². The van der Waals surface area contributed by atoms with Gasteiger partial charge in [-0.3, -0.25) is 10.0 Å². The van der Waals surface area contributed by atoms with Gasteiger partial charge in [0, 0.05) is 22.7 Å². The second-order valence-corrected chi connectivity index (χ2v) is 5.44. The van der Waals surface area contributed by atoms with Gasteiger partial charge in [0.05, 0.1) is 0 Å². The zero-order valence-corrected chi connectivity index (χ0v) is 13.3. The molecule has 0 aliphatic heterocycles. The molecule has 1 aromatic rings. The van der Waals surface area contributed by atoms with Gasteiger partial charge in [-0.25, -0.2) is 5.06 Å². The minimum absolute atomic E-state index is 0.314. The molecule has 0 bridgehead atoms. The Balaban J connectivity index is 2.44. The fourth-order valence-electron chi connectivity index (χ4n) is 1.72. The summed E-state index contributed by atoms with van der Waals surface area (Å²) in [5.74, 6) is -0.468. The van der Waals surface area contributed by atoms with Crippen LogP contribution in [0.5, 0.6) is 0 Å². The maximum atomic E-state index is 11.7. The number of carbonyl (C=O) groups excluding carboxylic acids is 1. The predicted molar refractivity (Wildman–Crippen MR) is 87.7 cm³/mol. The van der Waals surface area contributed by atoms with Gasteiger partial charge in [-0.05, 0) is 43.0 Å². The van der Waals surface area contributed by atoms with E-state index >= 15 is 0 Å². The Morgan fingerprint density at radius 3 is 2.71 bits per heavy atom. The van der Waals surface area contributed by atoms with Gasteiger partial charge >= 0.3 is 0 Å². The quantitative estimate of drug-likeness (QED) is 0.241. The summed E-state index contributed by atoms with van der Waals surface area (Å²) in [6.45, 7) is 3.96. The number of carbonyl (C=O) groups is 1. The Labute approximate surface area is 135 Å². The van der Waals surface area contributed by atoms with E-state index < -0.39 is 5.91 Å². The van der Waals surface area contributed by atoms with Gasteiger partial charge in [-0.1, -0.05) is 41.8 Å². The number of rotatable bonds is 8. The van der Waals surface area contributed by atoms with E-state index in [-0.39, 0.29) is 0 Å². The van der Waals surface area contributed by atoms with E-state index in [0.717, 1.165) is 25.7 Å². The Kier molecular flexibility index (Phi) is 8.13. The predicted octanol–water partition coefficient (Wildman–Crippen LogP) is 4.97. The van der Waals surface area contributed by atoms with Crippen LogP contribution in [-0.4, -0.2) is 22.7 Å². The Hall–Kier alpha value is -1.29. The molecular formula is C16H19Cl2NO2. The number of hydrogen-bond donors (Lipinski definition) is 1. The van der Waals surface area contributed by atoms with Gasteiger partial charge in [0.25, 0.3) is 5.91 Å². The van der Waals surface area contributed by atoms with Crippen LogP contribution in [0.3, 0.4) is 0 Å². The summed E-state index contributed by atoms with van der Waals surface area (Å²) in [6, 6.07) is 5.00. The third kappa shape index (κ3) is 6.80. The number of amides is 1. The average Bonchev–Trinajstić information content (AvgIpc) is 2.45. The lowest BCUT2D eigenvalue weighted by Crippen LogP contribution is -2.26. The number of unbranched alkanes of at least 4 members (excludes halogenated alkanes) is 3. The van der Waals surface area contributed by atoms with Crippen LogP contribution in [0.15, 0.2) is 36.9 Å². The molecule has 0 heterocycles. The van der Waals surface area contributed by atoms with Crippen LogP contribution in [0.1, 0.15) is 31.2 Å². The van der Waals surface area contributed by atoms with Crippen molar-refractivity contribution >= 4 is 35.2 Å². The summed E-state index contributed by atoms with van der Waals surface area (Å²) >= 11 is 11.8. The molecule has 0 unspecified atom stereocenters. The zero-order valence-electron chi connectivity index (χ0n) is 11.8. The molecule has 114 valence electrons. The number of nitrogens with zero attached hydrogens (tertiary/aromatic N) is 1. The molecule has 1 N–H and O–H groups in total. The highest BCUT2D eigenvalue weighted by molar-refractivity contribution is 6.35. The van der Waals surface area contributed by atoms with E-state index in [1.807, 2.05) is 6.08 Å². The number of hydroxylamine groups is 2. The van der Waals surface area contributed by atoms with Crippen LogP contribution in [0.25, 0.3) is 6.08 Å². The van der Waals surface area contributed by atoms with E-state index in [1.54, 1.807) is 24.3 Å². The Bertz CT molecular complexity index is 515. The number of benzene rings is 1. The molecule has 3 nitrogen and oxygen atoms in total. The van der Waals surface area contributed by atoms with Crippen molar-refractivity contribution in [3.8, 4) is 0 Å². The highest BCUT2D eigenvalue weighted by Crippen LogP contribution is 2.22. The smallest absolute Gasteiger partial charge is 0.269 e. The van der Waals surface area contributed by atoms with Crippen LogP contribution in [0.2, 0.25) is 10.0 Å². The minimum atomic E-state index is -0.468. The van der Waals surface area contributed by atoms with Gasteiger partial charge in [0.15, 0.2) is 0 Å². The minimum Gasteiger partial charge on any atom is -0.286 e. The fraction of sp³-hybridized carbons (Fsp3) is 0.312. The topological polar surface area (TPSA) is 40.5 Å². The monoisotopic (exact) mass is 327 g/mol. The van der Waals surface area contributed by atoms with Crippen LogP contribution < -0.4 is 0 Å². The van der Waals surface area contributed by atoms with Crippen molar-refractivity contribution in [3.63, 3.8) is 0 Å². The van der Waals surface area contributed by atoms with Crippen molar-refractivity contribution < 1.29 is 10.0 Å². The number of halogens is 2. The molecule has 5 heteroatoms. The third-order valence-electron chi connectivity index (χ3n) is 2.90. The van der Waals surface area contributed by atoms with Crippen molar-refractivity contribution in [2.24, 2.45) is 0 Å². The molecule has 0 fully saturated rings. The summed E-state index contributed by atoms with van der Waals surface area (Å²) in [7, 11) is 0. The molecule has 21 heavy (non-hydrogen) atoms. The summed E-state index contributed by atoms with van der Waals surface area (Å²) in [5, 5.41) is 11.3. The molecule has 0 aliphatic carbocycles.